The molecular weight excluding hydrogens is 128 g/mol. The van der Waals surface area contributed by atoms with E-state index in [4.69, 9.17) is 5.73 Å². The molecule has 3 nitrogen and oxygen atoms in total. The third-order valence-electron chi connectivity index (χ3n) is 1.70. The predicted molar refractivity (Wildman–Crippen MR) is 44.8 cm³/mol. The molecule has 0 aromatic carbocycles. The number of rotatable bonds is 4. The van der Waals surface area contributed by atoms with Crippen LogP contribution in [0.1, 0.15) is 27.2 Å². The summed E-state index contributed by atoms with van der Waals surface area (Å²) in [5.74, 6) is 0. The van der Waals surface area contributed by atoms with Crippen molar-refractivity contribution in [3.63, 3.8) is 0 Å². The van der Waals surface area contributed by atoms with Gasteiger partial charge in [0.1, 0.15) is 0 Å². The van der Waals surface area contributed by atoms with Crippen molar-refractivity contribution in [1.29, 1.82) is 0 Å². The summed E-state index contributed by atoms with van der Waals surface area (Å²) in [5.41, 5.74) is 5.76. The Kier molecular flexibility index (Phi) is 8.77. The Bertz CT molecular complexity index is 64.6. The predicted octanol–water partition coefficient (Wildman–Crippen LogP) is 0.198. The summed E-state index contributed by atoms with van der Waals surface area (Å²) in [7, 11) is 0. The zero-order valence-electron chi connectivity index (χ0n) is 7.22. The fraction of sp³-hybridized carbons (Fsp3) is 1.00. The van der Waals surface area contributed by atoms with E-state index in [1.54, 1.807) is 0 Å². The lowest BCUT2D eigenvalue weighted by atomic mass is 10.3. The van der Waals surface area contributed by atoms with Crippen LogP contribution in [-0.2, 0) is 0 Å². The second-order valence-corrected chi connectivity index (χ2v) is 2.20. The lowest BCUT2D eigenvalue weighted by Gasteiger charge is -2.24. The topological polar surface area (TPSA) is 60.8 Å². The van der Waals surface area contributed by atoms with Gasteiger partial charge in [0, 0.05) is 0 Å². The molecule has 0 radical (unpaired) electrons. The molecule has 0 amide bonds. The Morgan fingerprint density at radius 2 is 1.60 bits per heavy atom. The molecule has 0 saturated carbocycles. The molecule has 0 heterocycles. The lowest BCUT2D eigenvalue weighted by molar-refractivity contribution is 0.216. The van der Waals surface area contributed by atoms with Gasteiger partial charge in [-0.05, 0) is 19.5 Å². The van der Waals surface area contributed by atoms with Crippen molar-refractivity contribution >= 4 is 0 Å². The molecule has 0 saturated heterocycles. The van der Waals surface area contributed by atoms with E-state index in [0.717, 1.165) is 19.5 Å². The van der Waals surface area contributed by atoms with E-state index in [2.05, 4.69) is 25.7 Å². The highest BCUT2D eigenvalue weighted by Gasteiger charge is 2.05. The molecule has 0 aliphatic rings. The van der Waals surface area contributed by atoms with Crippen LogP contribution in [-0.4, -0.2) is 29.6 Å². The van der Waals surface area contributed by atoms with Gasteiger partial charge in [-0.2, -0.15) is 0 Å². The van der Waals surface area contributed by atoms with Gasteiger partial charge >= 0.3 is 0 Å². The van der Waals surface area contributed by atoms with Crippen LogP contribution in [0.4, 0.5) is 0 Å². The van der Waals surface area contributed by atoms with Gasteiger partial charge in [0.15, 0.2) is 0 Å². The Balaban J connectivity index is 0. The van der Waals surface area contributed by atoms with Crippen molar-refractivity contribution in [3.05, 3.63) is 0 Å². The molecule has 0 bridgehead atoms. The third-order valence-corrected chi connectivity index (χ3v) is 1.70. The maximum absolute atomic E-state index is 5.76. The van der Waals surface area contributed by atoms with Crippen molar-refractivity contribution in [3.8, 4) is 0 Å². The fourth-order valence-corrected chi connectivity index (χ4v) is 0.951. The highest BCUT2D eigenvalue weighted by molar-refractivity contribution is 4.59. The second-order valence-electron chi connectivity index (χ2n) is 2.20. The maximum atomic E-state index is 5.76. The van der Waals surface area contributed by atoms with E-state index in [9.17, 15) is 0 Å². The molecule has 0 aliphatic carbocycles. The van der Waals surface area contributed by atoms with Crippen LogP contribution >= 0.6 is 0 Å². The number of hydrogen-bond acceptors (Lipinski definition) is 2. The van der Waals surface area contributed by atoms with Crippen LogP contribution in [0.3, 0.4) is 0 Å². The van der Waals surface area contributed by atoms with E-state index in [-0.39, 0.29) is 11.6 Å². The molecule has 0 aromatic heterocycles. The Hall–Kier alpha value is -0.120. The Labute approximate surface area is 63.5 Å². The first-order chi connectivity index (χ1) is 4.26. The van der Waals surface area contributed by atoms with Crippen LogP contribution in [0.15, 0.2) is 0 Å². The van der Waals surface area contributed by atoms with Gasteiger partial charge in [-0.3, -0.25) is 4.90 Å². The molecule has 0 fully saturated rings. The first kappa shape index (κ1) is 12.5. The van der Waals surface area contributed by atoms with E-state index in [1.165, 1.54) is 0 Å². The van der Waals surface area contributed by atoms with E-state index < -0.39 is 0 Å². The molecule has 0 spiro atoms. The molecule has 0 aliphatic heterocycles. The van der Waals surface area contributed by atoms with E-state index in [1.807, 2.05) is 0 Å². The number of nitrogens with zero attached hydrogens (tertiary/aromatic N) is 1. The molecule has 0 rings (SSSR count). The van der Waals surface area contributed by atoms with Gasteiger partial charge in [-0.25, -0.2) is 0 Å². The summed E-state index contributed by atoms with van der Waals surface area (Å²) in [6.45, 7) is 8.51. The fourth-order valence-electron chi connectivity index (χ4n) is 0.951. The molecule has 1 atom stereocenters. The molecule has 1 unspecified atom stereocenters. The van der Waals surface area contributed by atoms with Gasteiger partial charge in [-0.1, -0.05) is 20.8 Å². The zero-order valence-corrected chi connectivity index (χ0v) is 7.22. The minimum atomic E-state index is 0. The third kappa shape index (κ3) is 3.82. The van der Waals surface area contributed by atoms with Crippen molar-refractivity contribution in [2.75, 3.05) is 13.1 Å². The van der Waals surface area contributed by atoms with Crippen LogP contribution in [0, 0.1) is 0 Å². The highest BCUT2D eigenvalue weighted by Crippen LogP contribution is 1.95. The van der Waals surface area contributed by atoms with Crippen LogP contribution in [0.25, 0.3) is 0 Å². The van der Waals surface area contributed by atoms with Crippen molar-refractivity contribution in [2.45, 2.75) is 33.4 Å². The second kappa shape index (κ2) is 6.99. The van der Waals surface area contributed by atoms with Crippen LogP contribution in [0.2, 0.25) is 0 Å². The minimum Gasteiger partial charge on any atom is -0.412 e. The smallest absolute Gasteiger partial charge is 0.0568 e. The van der Waals surface area contributed by atoms with Crippen LogP contribution < -0.4 is 5.73 Å². The van der Waals surface area contributed by atoms with Crippen molar-refractivity contribution in [2.24, 2.45) is 5.73 Å². The molecule has 10 heavy (non-hydrogen) atoms. The lowest BCUT2D eigenvalue weighted by Crippen LogP contribution is -2.41. The van der Waals surface area contributed by atoms with Gasteiger partial charge in [0.25, 0.3) is 0 Å². The van der Waals surface area contributed by atoms with Gasteiger partial charge in [0.2, 0.25) is 0 Å². The zero-order chi connectivity index (χ0) is 7.28. The Morgan fingerprint density at radius 3 is 1.70 bits per heavy atom. The standard InChI is InChI=1S/C7H18N2.H2O/c1-4-7(8)9(5-2)6-3;/h7H,4-6,8H2,1-3H3;1H2. The average Bonchev–Trinajstić information content (AvgIpc) is 1.90. The summed E-state index contributed by atoms with van der Waals surface area (Å²) in [6.07, 6.45) is 1.31. The van der Waals surface area contributed by atoms with Gasteiger partial charge in [-0.15, -0.1) is 0 Å². The maximum Gasteiger partial charge on any atom is 0.0568 e. The van der Waals surface area contributed by atoms with E-state index >= 15 is 0 Å². The molecular formula is C7H20N2O. The molecule has 0 aromatic rings. The summed E-state index contributed by atoms with van der Waals surface area (Å²) < 4.78 is 0. The molecule has 4 N–H and O–H groups in total. The summed E-state index contributed by atoms with van der Waals surface area (Å²) in [6, 6.07) is 0. The molecule has 3 heteroatoms. The highest BCUT2D eigenvalue weighted by atomic mass is 16.0. The summed E-state index contributed by atoms with van der Waals surface area (Å²) >= 11 is 0. The largest absolute Gasteiger partial charge is 0.412 e. The number of hydrogen-bond donors (Lipinski definition) is 1. The summed E-state index contributed by atoms with van der Waals surface area (Å²) in [5, 5.41) is 0. The van der Waals surface area contributed by atoms with Gasteiger partial charge in [0.05, 0.1) is 6.17 Å². The van der Waals surface area contributed by atoms with Crippen molar-refractivity contribution < 1.29 is 5.48 Å². The van der Waals surface area contributed by atoms with Gasteiger partial charge < -0.3 is 11.2 Å². The van der Waals surface area contributed by atoms with E-state index in [0.29, 0.717) is 0 Å². The van der Waals surface area contributed by atoms with Crippen LogP contribution in [0.5, 0.6) is 0 Å². The molecule has 64 valence electrons. The quantitative estimate of drug-likeness (QED) is 0.579. The average molecular weight is 148 g/mol. The minimum absolute atomic E-state index is 0. The SMILES string of the molecule is CCC(N)N(CC)CC.O. The normalized spacial score (nSPS) is 12.9. The van der Waals surface area contributed by atoms with Crippen molar-refractivity contribution in [1.82, 2.24) is 4.90 Å². The number of nitrogens with two attached hydrogens (primary N) is 1. The Morgan fingerprint density at radius 1 is 1.20 bits per heavy atom. The first-order valence-electron chi connectivity index (χ1n) is 3.75. The monoisotopic (exact) mass is 148 g/mol. The first-order valence-corrected chi connectivity index (χ1v) is 3.75. The summed E-state index contributed by atoms with van der Waals surface area (Å²) in [4.78, 5) is 2.25.